The predicted octanol–water partition coefficient (Wildman–Crippen LogP) is 3.30. The number of nitrogens with zero attached hydrogens (tertiary/aromatic N) is 2. The van der Waals surface area contributed by atoms with Gasteiger partial charge in [-0.2, -0.15) is 5.10 Å². The van der Waals surface area contributed by atoms with E-state index in [9.17, 15) is 5.11 Å². The number of benzene rings is 1. The van der Waals surface area contributed by atoms with Crippen LogP contribution in [0.5, 0.6) is 0 Å². The van der Waals surface area contributed by atoms with Crippen LogP contribution in [0.4, 0.5) is 0 Å². The van der Waals surface area contributed by atoms with Crippen molar-refractivity contribution in [2.45, 2.75) is 45.3 Å². The molecule has 0 aliphatic heterocycles. The largest absolute Gasteiger partial charge is 0.388 e. The van der Waals surface area contributed by atoms with Crippen molar-refractivity contribution in [2.24, 2.45) is 5.92 Å². The molecule has 0 saturated carbocycles. The SMILES string of the molecule is CCC(C)n1ccc(CC2Cc3ccccc3C2O)n1. The minimum absolute atomic E-state index is 0.257. The van der Waals surface area contributed by atoms with Crippen LogP contribution in [0.2, 0.25) is 0 Å². The number of rotatable bonds is 4. The molecule has 1 aliphatic carbocycles. The van der Waals surface area contributed by atoms with Gasteiger partial charge in [-0.3, -0.25) is 4.68 Å². The molecule has 1 heterocycles. The lowest BCUT2D eigenvalue weighted by Crippen LogP contribution is -2.12. The number of aliphatic hydroxyl groups is 1. The number of hydrogen-bond acceptors (Lipinski definition) is 2. The van der Waals surface area contributed by atoms with Crippen LogP contribution < -0.4 is 0 Å². The summed E-state index contributed by atoms with van der Waals surface area (Å²) in [5, 5.41) is 15.1. The highest BCUT2D eigenvalue weighted by Gasteiger charge is 2.31. The molecular formula is C17H22N2O. The summed E-state index contributed by atoms with van der Waals surface area (Å²) in [6, 6.07) is 10.7. The molecule has 3 nitrogen and oxygen atoms in total. The van der Waals surface area contributed by atoms with E-state index in [1.54, 1.807) is 0 Å². The molecule has 0 radical (unpaired) electrons. The lowest BCUT2D eigenvalue weighted by molar-refractivity contribution is 0.122. The maximum atomic E-state index is 10.4. The molecule has 20 heavy (non-hydrogen) atoms. The van der Waals surface area contributed by atoms with Crippen molar-refractivity contribution >= 4 is 0 Å². The number of hydrogen-bond donors (Lipinski definition) is 1. The zero-order valence-corrected chi connectivity index (χ0v) is 12.2. The summed E-state index contributed by atoms with van der Waals surface area (Å²) < 4.78 is 2.03. The van der Waals surface area contributed by atoms with Crippen molar-refractivity contribution in [3.63, 3.8) is 0 Å². The highest BCUT2D eigenvalue weighted by Crippen LogP contribution is 2.37. The molecule has 0 fully saturated rings. The highest BCUT2D eigenvalue weighted by molar-refractivity contribution is 5.34. The molecule has 106 valence electrons. The average Bonchev–Trinajstić information content (AvgIpc) is 3.05. The van der Waals surface area contributed by atoms with Crippen molar-refractivity contribution in [1.82, 2.24) is 9.78 Å². The van der Waals surface area contributed by atoms with Crippen LogP contribution in [0.3, 0.4) is 0 Å². The van der Waals surface area contributed by atoms with Crippen LogP contribution in [-0.4, -0.2) is 14.9 Å². The van der Waals surface area contributed by atoms with Gasteiger partial charge in [-0.1, -0.05) is 31.2 Å². The lowest BCUT2D eigenvalue weighted by Gasteiger charge is -2.14. The fourth-order valence-corrected chi connectivity index (χ4v) is 3.03. The second kappa shape index (κ2) is 5.41. The molecule has 0 spiro atoms. The van der Waals surface area contributed by atoms with Crippen molar-refractivity contribution in [2.75, 3.05) is 0 Å². The van der Waals surface area contributed by atoms with Crippen molar-refractivity contribution in [1.29, 1.82) is 0 Å². The van der Waals surface area contributed by atoms with E-state index in [4.69, 9.17) is 0 Å². The Kier molecular flexibility index (Phi) is 3.62. The van der Waals surface area contributed by atoms with Crippen LogP contribution in [0.15, 0.2) is 36.5 Å². The molecule has 3 unspecified atom stereocenters. The highest BCUT2D eigenvalue weighted by atomic mass is 16.3. The summed E-state index contributed by atoms with van der Waals surface area (Å²) in [7, 11) is 0. The molecule has 0 saturated heterocycles. The fourth-order valence-electron chi connectivity index (χ4n) is 3.03. The minimum Gasteiger partial charge on any atom is -0.388 e. The van der Waals surface area contributed by atoms with Crippen molar-refractivity contribution < 1.29 is 5.11 Å². The Balaban J connectivity index is 1.72. The second-order valence-electron chi connectivity index (χ2n) is 5.86. The van der Waals surface area contributed by atoms with Gasteiger partial charge in [-0.05, 0) is 49.3 Å². The van der Waals surface area contributed by atoms with Gasteiger partial charge in [0.15, 0.2) is 0 Å². The van der Waals surface area contributed by atoms with E-state index in [0.717, 1.165) is 30.5 Å². The summed E-state index contributed by atoms with van der Waals surface area (Å²) >= 11 is 0. The number of aromatic nitrogens is 2. The van der Waals surface area contributed by atoms with E-state index in [2.05, 4.69) is 37.3 Å². The molecule has 1 aromatic heterocycles. The molecule has 3 atom stereocenters. The van der Waals surface area contributed by atoms with Gasteiger partial charge in [0.1, 0.15) is 0 Å². The van der Waals surface area contributed by atoms with E-state index >= 15 is 0 Å². The first-order valence-electron chi connectivity index (χ1n) is 7.49. The van der Waals surface area contributed by atoms with Gasteiger partial charge in [-0.25, -0.2) is 0 Å². The third-order valence-corrected chi connectivity index (χ3v) is 4.48. The van der Waals surface area contributed by atoms with Crippen LogP contribution in [-0.2, 0) is 12.8 Å². The molecule has 3 heteroatoms. The summed E-state index contributed by atoms with van der Waals surface area (Å²) in [4.78, 5) is 0. The quantitative estimate of drug-likeness (QED) is 0.925. The standard InChI is InChI=1S/C17H22N2O/c1-3-12(2)19-9-8-15(18-19)11-14-10-13-6-4-5-7-16(13)17(14)20/h4-9,12,14,17,20H,3,10-11H2,1-2H3. The van der Waals surface area contributed by atoms with E-state index in [-0.39, 0.29) is 12.0 Å². The van der Waals surface area contributed by atoms with Crippen LogP contribution in [0.1, 0.15) is 49.2 Å². The van der Waals surface area contributed by atoms with Gasteiger partial charge in [0.25, 0.3) is 0 Å². The van der Waals surface area contributed by atoms with Gasteiger partial charge >= 0.3 is 0 Å². The Morgan fingerprint density at radius 3 is 2.90 bits per heavy atom. The van der Waals surface area contributed by atoms with Gasteiger partial charge in [-0.15, -0.1) is 0 Å². The third-order valence-electron chi connectivity index (χ3n) is 4.48. The summed E-state index contributed by atoms with van der Waals surface area (Å²) in [6.45, 7) is 4.35. The average molecular weight is 270 g/mol. The first-order chi connectivity index (χ1) is 9.69. The van der Waals surface area contributed by atoms with E-state index in [0.29, 0.717) is 6.04 Å². The Bertz CT molecular complexity index is 590. The molecule has 0 amide bonds. The smallest absolute Gasteiger partial charge is 0.0827 e. The monoisotopic (exact) mass is 270 g/mol. The molecular weight excluding hydrogens is 248 g/mol. The van der Waals surface area contributed by atoms with Crippen LogP contribution in [0.25, 0.3) is 0 Å². The fraction of sp³-hybridized carbons (Fsp3) is 0.471. The van der Waals surface area contributed by atoms with Crippen molar-refractivity contribution in [3.05, 3.63) is 53.3 Å². The first kappa shape index (κ1) is 13.4. The summed E-state index contributed by atoms with van der Waals surface area (Å²) in [5.41, 5.74) is 3.47. The zero-order chi connectivity index (χ0) is 14.1. The summed E-state index contributed by atoms with van der Waals surface area (Å²) in [6.07, 6.45) is 4.59. The Labute approximate surface area is 120 Å². The Morgan fingerprint density at radius 2 is 2.15 bits per heavy atom. The molecule has 1 aromatic carbocycles. The van der Waals surface area contributed by atoms with E-state index < -0.39 is 0 Å². The summed E-state index contributed by atoms with van der Waals surface area (Å²) in [5.74, 6) is 0.257. The first-order valence-corrected chi connectivity index (χ1v) is 7.49. The van der Waals surface area contributed by atoms with E-state index in [1.807, 2.05) is 22.9 Å². The Hall–Kier alpha value is -1.61. The number of fused-ring (bicyclic) bond motifs is 1. The van der Waals surface area contributed by atoms with Crippen molar-refractivity contribution in [3.8, 4) is 0 Å². The maximum Gasteiger partial charge on any atom is 0.0827 e. The van der Waals surface area contributed by atoms with Gasteiger partial charge in [0, 0.05) is 12.2 Å². The second-order valence-corrected chi connectivity index (χ2v) is 5.86. The van der Waals surface area contributed by atoms with Gasteiger partial charge < -0.3 is 5.11 Å². The van der Waals surface area contributed by atoms with Gasteiger partial charge in [0.2, 0.25) is 0 Å². The van der Waals surface area contributed by atoms with Gasteiger partial charge in [0.05, 0.1) is 11.8 Å². The maximum absolute atomic E-state index is 10.4. The lowest BCUT2D eigenvalue weighted by atomic mass is 9.98. The zero-order valence-electron chi connectivity index (χ0n) is 12.2. The topological polar surface area (TPSA) is 38.0 Å². The third kappa shape index (κ3) is 2.38. The molecule has 1 N–H and O–H groups in total. The molecule has 3 rings (SSSR count). The normalized spacial score (nSPS) is 22.8. The number of aliphatic hydroxyl groups excluding tert-OH is 1. The Morgan fingerprint density at radius 1 is 1.35 bits per heavy atom. The molecule has 2 aromatic rings. The minimum atomic E-state index is -0.347. The van der Waals surface area contributed by atoms with Crippen LogP contribution in [0, 0.1) is 5.92 Å². The van der Waals surface area contributed by atoms with Crippen LogP contribution >= 0.6 is 0 Å². The predicted molar refractivity (Wildman–Crippen MR) is 79.5 cm³/mol. The molecule has 1 aliphatic rings. The molecule has 0 bridgehead atoms. The van der Waals surface area contributed by atoms with E-state index in [1.165, 1.54) is 5.56 Å².